The minimum absolute atomic E-state index is 0.0738. The van der Waals surface area contributed by atoms with Crippen molar-refractivity contribution in [2.75, 3.05) is 26.6 Å². The van der Waals surface area contributed by atoms with Gasteiger partial charge in [-0.1, -0.05) is 17.7 Å². The topological polar surface area (TPSA) is 91.8 Å². The van der Waals surface area contributed by atoms with Gasteiger partial charge in [-0.05, 0) is 57.2 Å². The number of benzene rings is 2. The zero-order chi connectivity index (χ0) is 24.7. The third kappa shape index (κ3) is 4.21. The fourth-order valence-corrected chi connectivity index (χ4v) is 6.07. The maximum atomic E-state index is 13.9. The molecule has 0 unspecified atom stereocenters. The number of carbonyl (C=O) groups excluding carboxylic acids is 1. The summed E-state index contributed by atoms with van der Waals surface area (Å²) >= 11 is 0. The number of fused-ring (bicyclic) bond motifs is 1. The lowest BCUT2D eigenvalue weighted by Gasteiger charge is -2.30. The van der Waals surface area contributed by atoms with Gasteiger partial charge in [-0.15, -0.1) is 0 Å². The molecule has 0 spiro atoms. The van der Waals surface area contributed by atoms with E-state index in [1.54, 1.807) is 37.4 Å². The van der Waals surface area contributed by atoms with Gasteiger partial charge in [-0.25, -0.2) is 8.42 Å². The lowest BCUT2D eigenvalue weighted by atomic mass is 9.82. The van der Waals surface area contributed by atoms with E-state index in [9.17, 15) is 13.2 Å². The molecule has 2 aromatic carbocycles. The lowest BCUT2D eigenvalue weighted by molar-refractivity contribution is -0.137. The van der Waals surface area contributed by atoms with Gasteiger partial charge >= 0.3 is 0 Å². The van der Waals surface area contributed by atoms with E-state index in [0.717, 1.165) is 11.3 Å². The van der Waals surface area contributed by atoms with Crippen LogP contribution in [0.4, 0.5) is 0 Å². The maximum Gasteiger partial charge on any atom is 0.186 e. The van der Waals surface area contributed by atoms with Crippen LogP contribution in [0.1, 0.15) is 30.2 Å². The van der Waals surface area contributed by atoms with Crippen molar-refractivity contribution in [2.24, 2.45) is 0 Å². The van der Waals surface area contributed by atoms with Gasteiger partial charge in [0.1, 0.15) is 11.5 Å². The van der Waals surface area contributed by atoms with E-state index < -0.39 is 32.6 Å². The van der Waals surface area contributed by atoms with Gasteiger partial charge in [0.2, 0.25) is 0 Å². The van der Waals surface area contributed by atoms with Crippen LogP contribution in [-0.4, -0.2) is 51.4 Å². The van der Waals surface area contributed by atoms with Crippen LogP contribution in [0.25, 0.3) is 10.9 Å². The van der Waals surface area contributed by atoms with Crippen molar-refractivity contribution >= 4 is 26.5 Å². The van der Waals surface area contributed by atoms with Gasteiger partial charge in [0.05, 0.1) is 29.7 Å². The van der Waals surface area contributed by atoms with Crippen molar-refractivity contribution in [3.8, 4) is 5.75 Å². The van der Waals surface area contributed by atoms with Gasteiger partial charge in [0, 0.05) is 30.2 Å². The molecule has 0 bridgehead atoms. The highest BCUT2D eigenvalue weighted by Gasteiger charge is 2.55. The Balaban J connectivity index is 1.81. The van der Waals surface area contributed by atoms with Crippen LogP contribution in [0.3, 0.4) is 0 Å². The number of aryl methyl sites for hydroxylation is 2. The predicted molar refractivity (Wildman–Crippen MR) is 129 cm³/mol. The molecule has 0 saturated carbocycles. The number of Topliss-reactive ketones (excluding diaryl/α,β-unsaturated/α-hetero) is 1. The maximum absolute atomic E-state index is 13.9. The summed E-state index contributed by atoms with van der Waals surface area (Å²) in [4.78, 5) is 18.4. The first kappa shape index (κ1) is 24.3. The Morgan fingerprint density at radius 1 is 1.12 bits per heavy atom. The summed E-state index contributed by atoms with van der Waals surface area (Å²) < 4.78 is 44.4. The lowest BCUT2D eigenvalue weighted by Crippen LogP contribution is -2.41. The number of ketones is 1. The first-order valence-corrected chi connectivity index (χ1v) is 12.7. The van der Waals surface area contributed by atoms with Gasteiger partial charge in [0.15, 0.2) is 21.2 Å². The monoisotopic (exact) mass is 483 g/mol. The summed E-state index contributed by atoms with van der Waals surface area (Å²) in [5.74, 6) is -0.826. The number of aromatic nitrogens is 1. The number of methoxy groups -OCH3 is 2. The quantitative estimate of drug-likeness (QED) is 0.503. The van der Waals surface area contributed by atoms with E-state index in [2.05, 4.69) is 4.98 Å². The molecule has 0 N–H and O–H groups in total. The third-order valence-electron chi connectivity index (χ3n) is 6.47. The van der Waals surface area contributed by atoms with Crippen molar-refractivity contribution in [1.29, 1.82) is 0 Å². The molecule has 180 valence electrons. The van der Waals surface area contributed by atoms with Crippen LogP contribution in [0.5, 0.6) is 5.75 Å². The Kier molecular flexibility index (Phi) is 6.27. The fraction of sp³-hybridized carbons (Fsp3) is 0.385. The second kappa shape index (κ2) is 8.76. The fourth-order valence-electron chi connectivity index (χ4n) is 4.54. The molecule has 0 amide bonds. The van der Waals surface area contributed by atoms with Crippen LogP contribution in [0.2, 0.25) is 0 Å². The Labute approximate surface area is 200 Å². The molecule has 7 nitrogen and oxygen atoms in total. The highest BCUT2D eigenvalue weighted by molar-refractivity contribution is 7.92. The van der Waals surface area contributed by atoms with Gasteiger partial charge in [-0.2, -0.15) is 0 Å². The number of carbonyl (C=O) groups is 1. The number of nitrogens with zero attached hydrogens (tertiary/aromatic N) is 1. The minimum atomic E-state index is -4.01. The van der Waals surface area contributed by atoms with E-state index in [0.29, 0.717) is 22.2 Å². The number of rotatable bonds is 7. The summed E-state index contributed by atoms with van der Waals surface area (Å²) in [6, 6.07) is 13.8. The predicted octanol–water partition coefficient (Wildman–Crippen LogP) is 3.92. The second-order valence-corrected chi connectivity index (χ2v) is 11.1. The Morgan fingerprint density at radius 2 is 1.88 bits per heavy atom. The second-order valence-electron chi connectivity index (χ2n) is 9.11. The summed E-state index contributed by atoms with van der Waals surface area (Å²) in [5.41, 5.74) is 0.473. The van der Waals surface area contributed by atoms with Gasteiger partial charge in [0.25, 0.3) is 0 Å². The normalized spacial score (nSPS) is 22.7. The number of hydrogen-bond acceptors (Lipinski definition) is 7. The Bertz CT molecular complexity index is 1370. The van der Waals surface area contributed by atoms with E-state index in [1.165, 1.54) is 13.2 Å². The standard InChI is InChI=1S/C26H29NO6S/c1-17-9-12-22(31-4)20(13-17)26(15-25(3,32-5)16-33-26)24(28)14-34(29,30)23-8-6-7-21-19(23)11-10-18(2)27-21/h6-13H,14-16H2,1-5H3/t25-,26+/m1/s1. The first-order valence-electron chi connectivity index (χ1n) is 11.0. The first-order chi connectivity index (χ1) is 16.0. The highest BCUT2D eigenvalue weighted by Crippen LogP contribution is 2.47. The molecule has 1 aromatic heterocycles. The average Bonchev–Trinajstić information content (AvgIpc) is 3.17. The zero-order valence-electron chi connectivity index (χ0n) is 20.0. The molecule has 34 heavy (non-hydrogen) atoms. The van der Waals surface area contributed by atoms with Gasteiger partial charge < -0.3 is 14.2 Å². The third-order valence-corrected chi connectivity index (χ3v) is 8.14. The molecule has 3 aromatic rings. The van der Waals surface area contributed by atoms with Gasteiger partial charge in [-0.3, -0.25) is 9.78 Å². The molecular formula is C26H29NO6S. The van der Waals surface area contributed by atoms with Crippen molar-refractivity contribution in [3.05, 3.63) is 65.4 Å². The van der Waals surface area contributed by atoms with Crippen molar-refractivity contribution < 1.29 is 27.4 Å². The molecule has 4 rings (SSSR count). The van der Waals surface area contributed by atoms with Crippen molar-refractivity contribution in [2.45, 2.75) is 43.3 Å². The largest absolute Gasteiger partial charge is 0.496 e. The number of hydrogen-bond donors (Lipinski definition) is 0. The number of ether oxygens (including phenoxy) is 3. The molecule has 2 heterocycles. The summed E-state index contributed by atoms with van der Waals surface area (Å²) in [6.45, 7) is 5.72. The molecular weight excluding hydrogens is 454 g/mol. The number of pyridine rings is 1. The molecule has 2 atom stereocenters. The summed E-state index contributed by atoms with van der Waals surface area (Å²) in [5, 5.41) is 0.483. The molecule has 8 heteroatoms. The highest BCUT2D eigenvalue weighted by atomic mass is 32.2. The smallest absolute Gasteiger partial charge is 0.186 e. The SMILES string of the molecule is COc1ccc(C)cc1[C@]1(C(=O)CS(=O)(=O)c2cccc3nc(C)ccc23)C[C@@](C)(OC)CO1. The van der Waals surface area contributed by atoms with Crippen LogP contribution >= 0.6 is 0 Å². The molecule has 0 aliphatic carbocycles. The molecule has 0 radical (unpaired) electrons. The zero-order valence-corrected chi connectivity index (χ0v) is 20.9. The minimum Gasteiger partial charge on any atom is -0.496 e. The molecule has 1 aliphatic rings. The van der Waals surface area contributed by atoms with Crippen molar-refractivity contribution in [1.82, 2.24) is 4.98 Å². The van der Waals surface area contributed by atoms with E-state index in [1.807, 2.05) is 32.9 Å². The molecule has 1 saturated heterocycles. The average molecular weight is 484 g/mol. The summed E-state index contributed by atoms with van der Waals surface area (Å²) in [7, 11) is -0.940. The van der Waals surface area contributed by atoms with E-state index >= 15 is 0 Å². The van der Waals surface area contributed by atoms with Crippen LogP contribution in [-0.2, 0) is 29.7 Å². The summed E-state index contributed by atoms with van der Waals surface area (Å²) in [6.07, 6.45) is 0.168. The Hall–Kier alpha value is -2.81. The van der Waals surface area contributed by atoms with Crippen LogP contribution in [0.15, 0.2) is 53.4 Å². The Morgan fingerprint density at radius 3 is 2.56 bits per heavy atom. The molecule has 1 fully saturated rings. The van der Waals surface area contributed by atoms with E-state index in [-0.39, 0.29) is 17.9 Å². The van der Waals surface area contributed by atoms with Crippen molar-refractivity contribution in [3.63, 3.8) is 0 Å². The molecule has 1 aliphatic heterocycles. The van der Waals surface area contributed by atoms with Crippen LogP contribution < -0.4 is 4.74 Å². The number of sulfone groups is 1. The van der Waals surface area contributed by atoms with E-state index in [4.69, 9.17) is 14.2 Å². The van der Waals surface area contributed by atoms with Crippen LogP contribution in [0, 0.1) is 13.8 Å².